The Morgan fingerprint density at radius 1 is 1.06 bits per heavy atom. The van der Waals surface area contributed by atoms with Gasteiger partial charge in [-0.15, -0.1) is 0 Å². The van der Waals surface area contributed by atoms with Crippen molar-refractivity contribution in [3.05, 3.63) is 89.7 Å². The number of ether oxygens (including phenoxy) is 1. The van der Waals surface area contributed by atoms with E-state index in [1.54, 1.807) is 55.9 Å². The minimum atomic E-state index is -0.450. The van der Waals surface area contributed by atoms with Crippen LogP contribution in [-0.4, -0.2) is 30.5 Å². The van der Waals surface area contributed by atoms with Crippen LogP contribution in [0.5, 0.6) is 5.75 Å². The highest BCUT2D eigenvalue weighted by Gasteiger charge is 2.13. The Bertz CT molecular complexity index is 1010. The molecule has 2 aromatic carbocycles. The van der Waals surface area contributed by atoms with E-state index in [1.165, 1.54) is 0 Å². The molecule has 1 heterocycles. The predicted molar refractivity (Wildman–Crippen MR) is 120 cm³/mol. The van der Waals surface area contributed by atoms with E-state index in [4.69, 9.17) is 10.5 Å². The maximum absolute atomic E-state index is 12.3. The minimum absolute atomic E-state index is 0.116. The molecule has 31 heavy (non-hydrogen) atoms. The first kappa shape index (κ1) is 22.0. The Morgan fingerprint density at radius 3 is 2.52 bits per heavy atom. The number of aromatic nitrogens is 1. The third-order valence-corrected chi connectivity index (χ3v) is 4.81. The molecule has 2 amide bonds. The highest BCUT2D eigenvalue weighted by Crippen LogP contribution is 2.16. The number of benzene rings is 2. The molecule has 0 saturated carbocycles. The summed E-state index contributed by atoms with van der Waals surface area (Å²) in [6.07, 6.45) is 4.10. The van der Waals surface area contributed by atoms with E-state index in [0.717, 1.165) is 16.9 Å². The summed E-state index contributed by atoms with van der Waals surface area (Å²) in [5.74, 6) is 0.459. The van der Waals surface area contributed by atoms with Crippen molar-refractivity contribution in [3.63, 3.8) is 0 Å². The number of hydrogen-bond donors (Lipinski definition) is 3. The Kier molecular flexibility index (Phi) is 7.73. The fourth-order valence-electron chi connectivity index (χ4n) is 3.08. The first-order valence-corrected chi connectivity index (χ1v) is 10.0. The number of methoxy groups -OCH3 is 1. The fraction of sp³-hybridized carbons (Fsp3) is 0.208. The second-order valence-corrected chi connectivity index (χ2v) is 7.07. The minimum Gasteiger partial charge on any atom is -0.497 e. The number of anilines is 1. The number of hydrogen-bond acceptors (Lipinski definition) is 5. The third-order valence-electron chi connectivity index (χ3n) is 4.81. The molecule has 0 bridgehead atoms. The zero-order chi connectivity index (χ0) is 22.1. The molecule has 1 atom stereocenters. The normalized spacial score (nSPS) is 11.4. The third kappa shape index (κ3) is 6.65. The van der Waals surface area contributed by atoms with Crippen molar-refractivity contribution in [2.45, 2.75) is 18.9 Å². The molecular formula is C24H26N4O3. The number of amides is 2. The number of carbonyl (C=O) groups excluding carboxylic acids is 2. The largest absolute Gasteiger partial charge is 0.497 e. The number of nitrogens with zero attached hydrogens (tertiary/aromatic N) is 1. The average Bonchev–Trinajstić information content (AvgIpc) is 2.80. The molecule has 7 heteroatoms. The van der Waals surface area contributed by atoms with Crippen molar-refractivity contribution in [2.75, 3.05) is 19.0 Å². The van der Waals surface area contributed by atoms with Gasteiger partial charge in [0.05, 0.1) is 7.11 Å². The lowest BCUT2D eigenvalue weighted by Crippen LogP contribution is -2.29. The predicted octanol–water partition coefficient (Wildman–Crippen LogP) is 3.09. The van der Waals surface area contributed by atoms with Crippen LogP contribution in [0.4, 0.5) is 5.69 Å². The van der Waals surface area contributed by atoms with Crippen LogP contribution in [0.2, 0.25) is 0 Å². The van der Waals surface area contributed by atoms with Crippen LogP contribution >= 0.6 is 0 Å². The van der Waals surface area contributed by atoms with Crippen LogP contribution in [0.3, 0.4) is 0 Å². The maximum Gasteiger partial charge on any atom is 0.255 e. The van der Waals surface area contributed by atoms with E-state index in [2.05, 4.69) is 15.6 Å². The molecule has 3 rings (SSSR count). The van der Waals surface area contributed by atoms with Crippen molar-refractivity contribution in [1.29, 1.82) is 0 Å². The van der Waals surface area contributed by atoms with E-state index in [0.29, 0.717) is 24.2 Å². The zero-order valence-electron chi connectivity index (χ0n) is 17.4. The molecule has 0 aliphatic carbocycles. The lowest BCUT2D eigenvalue weighted by molar-refractivity contribution is -0.121. The summed E-state index contributed by atoms with van der Waals surface area (Å²) in [4.78, 5) is 28.5. The van der Waals surface area contributed by atoms with Crippen LogP contribution in [0.1, 0.15) is 33.9 Å². The number of carbonyl (C=O) groups is 2. The van der Waals surface area contributed by atoms with Gasteiger partial charge in [0.25, 0.3) is 5.91 Å². The van der Waals surface area contributed by atoms with Gasteiger partial charge >= 0.3 is 0 Å². The van der Waals surface area contributed by atoms with Crippen LogP contribution in [-0.2, 0) is 11.2 Å². The van der Waals surface area contributed by atoms with Gasteiger partial charge in [0.2, 0.25) is 5.91 Å². The molecular weight excluding hydrogens is 392 g/mol. The van der Waals surface area contributed by atoms with E-state index in [-0.39, 0.29) is 18.2 Å². The second-order valence-electron chi connectivity index (χ2n) is 7.07. The standard InChI is InChI=1S/C24H26N4O3/c1-31-21-4-2-3-17(15-21)9-14-27-23(29)16-22(25)18-5-7-19(8-6-18)24(30)28-20-10-12-26-13-11-20/h2-8,10-13,15,22H,9,14,16,25H2,1H3,(H,27,29)(H,26,28,30). The maximum atomic E-state index is 12.3. The zero-order valence-corrected chi connectivity index (χ0v) is 17.4. The molecule has 1 aromatic heterocycles. The Balaban J connectivity index is 1.46. The average molecular weight is 418 g/mol. The van der Waals surface area contributed by atoms with Crippen LogP contribution in [0, 0.1) is 0 Å². The fourth-order valence-corrected chi connectivity index (χ4v) is 3.08. The van der Waals surface area contributed by atoms with Gasteiger partial charge in [-0.2, -0.15) is 0 Å². The number of pyridine rings is 1. The first-order valence-electron chi connectivity index (χ1n) is 10.0. The highest BCUT2D eigenvalue weighted by atomic mass is 16.5. The highest BCUT2D eigenvalue weighted by molar-refractivity contribution is 6.04. The summed E-state index contributed by atoms with van der Waals surface area (Å²) in [6.45, 7) is 0.521. The molecule has 7 nitrogen and oxygen atoms in total. The lowest BCUT2D eigenvalue weighted by atomic mass is 10.0. The summed E-state index contributed by atoms with van der Waals surface area (Å²) in [5.41, 5.74) is 9.25. The second kappa shape index (κ2) is 10.9. The van der Waals surface area contributed by atoms with Gasteiger partial charge in [-0.25, -0.2) is 0 Å². The molecule has 160 valence electrons. The molecule has 0 fully saturated rings. The summed E-state index contributed by atoms with van der Waals surface area (Å²) >= 11 is 0. The smallest absolute Gasteiger partial charge is 0.255 e. The van der Waals surface area contributed by atoms with Crippen LogP contribution in [0.15, 0.2) is 73.1 Å². The molecule has 0 radical (unpaired) electrons. The van der Waals surface area contributed by atoms with E-state index in [9.17, 15) is 9.59 Å². The van der Waals surface area contributed by atoms with Gasteiger partial charge in [0.15, 0.2) is 0 Å². The quantitative estimate of drug-likeness (QED) is 0.495. The molecule has 0 aliphatic rings. The van der Waals surface area contributed by atoms with Gasteiger partial charge in [0, 0.05) is 42.7 Å². The monoisotopic (exact) mass is 418 g/mol. The van der Waals surface area contributed by atoms with E-state index < -0.39 is 6.04 Å². The number of rotatable bonds is 9. The Labute approximate surface area is 181 Å². The van der Waals surface area contributed by atoms with Crippen molar-refractivity contribution < 1.29 is 14.3 Å². The molecule has 0 aliphatic heterocycles. The molecule has 0 spiro atoms. The van der Waals surface area contributed by atoms with E-state index in [1.807, 2.05) is 24.3 Å². The van der Waals surface area contributed by atoms with Crippen molar-refractivity contribution in [2.24, 2.45) is 5.73 Å². The summed E-state index contributed by atoms with van der Waals surface area (Å²) < 4.78 is 5.21. The summed E-state index contributed by atoms with van der Waals surface area (Å²) in [6, 6.07) is 17.7. The van der Waals surface area contributed by atoms with Gasteiger partial charge in [0.1, 0.15) is 5.75 Å². The lowest BCUT2D eigenvalue weighted by Gasteiger charge is -2.13. The van der Waals surface area contributed by atoms with Crippen LogP contribution in [0.25, 0.3) is 0 Å². The van der Waals surface area contributed by atoms with Gasteiger partial charge in [-0.05, 0) is 53.9 Å². The SMILES string of the molecule is COc1cccc(CCNC(=O)CC(N)c2ccc(C(=O)Nc3ccncc3)cc2)c1. The van der Waals surface area contributed by atoms with Gasteiger partial charge in [-0.1, -0.05) is 24.3 Å². The summed E-state index contributed by atoms with van der Waals surface area (Å²) in [7, 11) is 1.63. The summed E-state index contributed by atoms with van der Waals surface area (Å²) in [5, 5.41) is 5.70. The number of nitrogens with two attached hydrogens (primary N) is 1. The molecule has 4 N–H and O–H groups in total. The van der Waals surface area contributed by atoms with Crippen molar-refractivity contribution in [3.8, 4) is 5.75 Å². The molecule has 3 aromatic rings. The van der Waals surface area contributed by atoms with Gasteiger partial charge in [-0.3, -0.25) is 14.6 Å². The first-order chi connectivity index (χ1) is 15.0. The van der Waals surface area contributed by atoms with Crippen molar-refractivity contribution >= 4 is 17.5 Å². The molecule has 1 unspecified atom stereocenters. The topological polar surface area (TPSA) is 106 Å². The number of nitrogens with one attached hydrogen (secondary N) is 2. The van der Waals surface area contributed by atoms with Crippen LogP contribution < -0.4 is 21.1 Å². The van der Waals surface area contributed by atoms with E-state index >= 15 is 0 Å². The Hall–Kier alpha value is -3.71. The molecule has 0 saturated heterocycles. The van der Waals surface area contributed by atoms with Gasteiger partial charge < -0.3 is 21.1 Å². The van der Waals surface area contributed by atoms with Crippen molar-refractivity contribution in [1.82, 2.24) is 10.3 Å². The Morgan fingerprint density at radius 2 is 1.81 bits per heavy atom.